The molecule has 0 fully saturated rings. The second kappa shape index (κ2) is 9.66. The van der Waals surface area contributed by atoms with E-state index in [9.17, 15) is 9.59 Å². The topological polar surface area (TPSA) is 84.2 Å². The van der Waals surface area contributed by atoms with Crippen molar-refractivity contribution in [2.24, 2.45) is 11.7 Å². The quantitative estimate of drug-likeness (QED) is 0.739. The Morgan fingerprint density at radius 3 is 2.50 bits per heavy atom. The van der Waals surface area contributed by atoms with E-state index in [4.69, 9.17) is 17.3 Å². The van der Waals surface area contributed by atoms with E-state index in [-0.39, 0.29) is 36.2 Å². The van der Waals surface area contributed by atoms with Gasteiger partial charge in [0.1, 0.15) is 0 Å². The number of nitrogens with one attached hydrogen (secondary N) is 2. The van der Waals surface area contributed by atoms with Crippen molar-refractivity contribution in [3.8, 4) is 0 Å². The molecule has 0 saturated heterocycles. The summed E-state index contributed by atoms with van der Waals surface area (Å²) in [5.41, 5.74) is 6.50. The molecule has 2 atom stereocenters. The van der Waals surface area contributed by atoms with Crippen molar-refractivity contribution < 1.29 is 9.59 Å². The van der Waals surface area contributed by atoms with Gasteiger partial charge in [-0.2, -0.15) is 0 Å². The SMILES string of the molecule is CCCNC(=O)c1ccc(Cl)cc1NC(=O)C(C)C(C)N.Cl. The summed E-state index contributed by atoms with van der Waals surface area (Å²) in [6, 6.07) is 4.50. The monoisotopic (exact) mass is 347 g/mol. The molecule has 0 aromatic heterocycles. The van der Waals surface area contributed by atoms with Crippen LogP contribution < -0.4 is 16.4 Å². The van der Waals surface area contributed by atoms with Gasteiger partial charge in [0.15, 0.2) is 0 Å². The number of anilines is 1. The highest BCUT2D eigenvalue weighted by Crippen LogP contribution is 2.22. The summed E-state index contributed by atoms with van der Waals surface area (Å²) in [7, 11) is 0. The largest absolute Gasteiger partial charge is 0.352 e. The number of amides is 2. The molecule has 0 spiro atoms. The van der Waals surface area contributed by atoms with Gasteiger partial charge in [-0.25, -0.2) is 0 Å². The summed E-state index contributed by atoms with van der Waals surface area (Å²) in [6.45, 7) is 6.04. The van der Waals surface area contributed by atoms with Gasteiger partial charge >= 0.3 is 0 Å². The van der Waals surface area contributed by atoms with Crippen LogP contribution in [0.2, 0.25) is 5.02 Å². The zero-order valence-corrected chi connectivity index (χ0v) is 14.6. The van der Waals surface area contributed by atoms with Crippen molar-refractivity contribution in [1.82, 2.24) is 5.32 Å². The third-order valence-electron chi connectivity index (χ3n) is 3.22. The van der Waals surface area contributed by atoms with Crippen molar-refractivity contribution in [3.63, 3.8) is 0 Å². The van der Waals surface area contributed by atoms with Gasteiger partial charge in [-0.05, 0) is 31.5 Å². The van der Waals surface area contributed by atoms with Crippen LogP contribution in [-0.2, 0) is 4.79 Å². The normalized spacial score (nSPS) is 12.8. The third-order valence-corrected chi connectivity index (χ3v) is 3.46. The van der Waals surface area contributed by atoms with Crippen molar-refractivity contribution in [2.45, 2.75) is 33.2 Å². The van der Waals surface area contributed by atoms with E-state index in [0.717, 1.165) is 6.42 Å². The molecule has 0 saturated carbocycles. The first-order chi connectivity index (χ1) is 9.86. The van der Waals surface area contributed by atoms with Crippen LogP contribution in [0, 0.1) is 5.92 Å². The van der Waals surface area contributed by atoms with Gasteiger partial charge in [-0.15, -0.1) is 12.4 Å². The number of benzene rings is 1. The highest BCUT2D eigenvalue weighted by atomic mass is 35.5. The Hall–Kier alpha value is -1.30. The molecular formula is C15H23Cl2N3O2. The first kappa shape index (κ1) is 20.7. The van der Waals surface area contributed by atoms with E-state index in [1.165, 1.54) is 0 Å². The van der Waals surface area contributed by atoms with Crippen LogP contribution in [0.4, 0.5) is 5.69 Å². The predicted molar refractivity (Wildman–Crippen MR) is 92.8 cm³/mol. The Balaban J connectivity index is 0.00000441. The molecule has 7 heteroatoms. The van der Waals surface area contributed by atoms with Crippen molar-refractivity contribution in [1.29, 1.82) is 0 Å². The van der Waals surface area contributed by atoms with Crippen molar-refractivity contribution in [3.05, 3.63) is 28.8 Å². The van der Waals surface area contributed by atoms with Gasteiger partial charge in [0.25, 0.3) is 5.91 Å². The molecule has 0 aliphatic heterocycles. The zero-order chi connectivity index (χ0) is 16.0. The van der Waals surface area contributed by atoms with Gasteiger partial charge in [0.05, 0.1) is 17.2 Å². The number of nitrogens with two attached hydrogens (primary N) is 1. The average molecular weight is 348 g/mol. The first-order valence-corrected chi connectivity index (χ1v) is 7.38. The molecule has 0 bridgehead atoms. The van der Waals surface area contributed by atoms with E-state index in [1.807, 2.05) is 6.92 Å². The first-order valence-electron chi connectivity index (χ1n) is 7.01. The summed E-state index contributed by atoms with van der Waals surface area (Å²) in [5.74, 6) is -0.843. The molecular weight excluding hydrogens is 325 g/mol. The molecule has 1 aromatic carbocycles. The number of halogens is 2. The van der Waals surface area contributed by atoms with Crippen LogP contribution in [0.3, 0.4) is 0 Å². The van der Waals surface area contributed by atoms with Gasteiger partial charge in [0.2, 0.25) is 5.91 Å². The fourth-order valence-corrected chi connectivity index (χ4v) is 1.81. The highest BCUT2D eigenvalue weighted by molar-refractivity contribution is 6.31. The van der Waals surface area contributed by atoms with Crippen LogP contribution >= 0.6 is 24.0 Å². The van der Waals surface area contributed by atoms with Crippen LogP contribution in [0.25, 0.3) is 0 Å². The van der Waals surface area contributed by atoms with Crippen molar-refractivity contribution >= 4 is 41.5 Å². The lowest BCUT2D eigenvalue weighted by atomic mass is 10.0. The number of hydrogen-bond acceptors (Lipinski definition) is 3. The Labute approximate surface area is 142 Å². The van der Waals surface area contributed by atoms with Gasteiger partial charge in [-0.1, -0.05) is 25.4 Å². The molecule has 22 heavy (non-hydrogen) atoms. The van der Waals surface area contributed by atoms with Crippen LogP contribution in [0.1, 0.15) is 37.6 Å². The van der Waals surface area contributed by atoms with Gasteiger partial charge < -0.3 is 16.4 Å². The molecule has 124 valence electrons. The van der Waals surface area contributed by atoms with E-state index < -0.39 is 0 Å². The number of carbonyl (C=O) groups excluding carboxylic acids is 2. The lowest BCUT2D eigenvalue weighted by molar-refractivity contribution is -0.119. The fourth-order valence-electron chi connectivity index (χ4n) is 1.64. The minimum absolute atomic E-state index is 0. The van der Waals surface area contributed by atoms with Gasteiger partial charge in [-0.3, -0.25) is 9.59 Å². The van der Waals surface area contributed by atoms with E-state index in [1.54, 1.807) is 32.0 Å². The summed E-state index contributed by atoms with van der Waals surface area (Å²) in [4.78, 5) is 24.2. The maximum absolute atomic E-state index is 12.1. The molecule has 1 rings (SSSR count). The second-order valence-electron chi connectivity index (χ2n) is 5.08. The van der Waals surface area contributed by atoms with Crippen LogP contribution in [-0.4, -0.2) is 24.4 Å². The van der Waals surface area contributed by atoms with E-state index in [2.05, 4.69) is 10.6 Å². The standard InChI is InChI=1S/C15H22ClN3O2.ClH/c1-4-7-18-15(21)12-6-5-11(16)8-13(12)19-14(20)9(2)10(3)17;/h5-6,8-10H,4,7,17H2,1-3H3,(H,18,21)(H,19,20);1H. The Kier molecular flexibility index (Phi) is 9.09. The van der Waals surface area contributed by atoms with Crippen molar-refractivity contribution in [2.75, 3.05) is 11.9 Å². The zero-order valence-electron chi connectivity index (χ0n) is 13.0. The minimum Gasteiger partial charge on any atom is -0.352 e. The molecule has 5 nitrogen and oxygen atoms in total. The minimum atomic E-state index is -0.365. The van der Waals surface area contributed by atoms with Crippen LogP contribution in [0.15, 0.2) is 18.2 Å². The van der Waals surface area contributed by atoms with E-state index in [0.29, 0.717) is 22.8 Å². The number of carbonyl (C=O) groups is 2. The Morgan fingerprint density at radius 2 is 1.95 bits per heavy atom. The second-order valence-corrected chi connectivity index (χ2v) is 5.52. The predicted octanol–water partition coefficient (Wildman–Crippen LogP) is 2.82. The van der Waals surface area contributed by atoms with Gasteiger partial charge in [0, 0.05) is 17.6 Å². The highest BCUT2D eigenvalue weighted by Gasteiger charge is 2.20. The number of hydrogen-bond donors (Lipinski definition) is 3. The smallest absolute Gasteiger partial charge is 0.253 e. The lowest BCUT2D eigenvalue weighted by Gasteiger charge is -2.17. The Morgan fingerprint density at radius 1 is 1.32 bits per heavy atom. The lowest BCUT2D eigenvalue weighted by Crippen LogP contribution is -2.35. The maximum Gasteiger partial charge on any atom is 0.253 e. The van der Waals surface area contributed by atoms with Crippen LogP contribution in [0.5, 0.6) is 0 Å². The molecule has 2 amide bonds. The molecule has 0 aliphatic carbocycles. The Bertz CT molecular complexity index is 522. The maximum atomic E-state index is 12.1. The fraction of sp³-hybridized carbons (Fsp3) is 0.467. The molecule has 0 heterocycles. The molecule has 4 N–H and O–H groups in total. The molecule has 0 radical (unpaired) electrons. The summed E-state index contributed by atoms with van der Waals surface area (Å²) in [6.07, 6.45) is 0.836. The van der Waals surface area contributed by atoms with E-state index >= 15 is 0 Å². The summed E-state index contributed by atoms with van der Waals surface area (Å²) in [5, 5.41) is 5.95. The number of rotatable bonds is 6. The third kappa shape index (κ3) is 5.83. The molecule has 0 aliphatic rings. The molecule has 1 aromatic rings. The summed E-state index contributed by atoms with van der Waals surface area (Å²) >= 11 is 5.94. The average Bonchev–Trinajstić information content (AvgIpc) is 2.43. The summed E-state index contributed by atoms with van der Waals surface area (Å²) < 4.78 is 0. The molecule has 2 unspecified atom stereocenters.